The first-order chi connectivity index (χ1) is 8.94. The average molecular weight is 348 g/mol. The number of benzene rings is 1. The first kappa shape index (κ1) is 15.0. The Kier molecular flexibility index (Phi) is 4.66. The topological polar surface area (TPSA) is 66.4 Å². The van der Waals surface area contributed by atoms with Gasteiger partial charge in [-0.3, -0.25) is 0 Å². The van der Waals surface area contributed by atoms with Gasteiger partial charge in [-0.1, -0.05) is 22.4 Å². The fourth-order valence-corrected chi connectivity index (χ4v) is 4.13. The smallest absolute Gasteiger partial charge is 0.240 e. The molecule has 0 saturated heterocycles. The number of aryl methyl sites for hydroxylation is 1. The number of rotatable bonds is 4. The van der Waals surface area contributed by atoms with E-state index in [1.54, 1.807) is 18.2 Å². The summed E-state index contributed by atoms with van der Waals surface area (Å²) in [7, 11) is -3.51. The van der Waals surface area contributed by atoms with Gasteiger partial charge in [-0.2, -0.15) is 0 Å². The zero-order chi connectivity index (χ0) is 14.0. The molecular formula is C13H18BrNO3S. The van der Waals surface area contributed by atoms with E-state index in [1.165, 1.54) is 0 Å². The van der Waals surface area contributed by atoms with Crippen molar-refractivity contribution in [1.82, 2.24) is 4.72 Å². The second-order valence-electron chi connectivity index (χ2n) is 5.01. The Morgan fingerprint density at radius 2 is 2.16 bits per heavy atom. The Morgan fingerprint density at radius 1 is 1.42 bits per heavy atom. The Morgan fingerprint density at radius 3 is 2.79 bits per heavy atom. The molecular weight excluding hydrogens is 330 g/mol. The van der Waals surface area contributed by atoms with E-state index in [4.69, 9.17) is 0 Å². The molecule has 19 heavy (non-hydrogen) atoms. The Balaban J connectivity index is 2.20. The van der Waals surface area contributed by atoms with Crippen molar-refractivity contribution in [1.29, 1.82) is 0 Å². The number of nitrogens with one attached hydrogen (secondary N) is 1. The zero-order valence-corrected chi connectivity index (χ0v) is 13.2. The van der Waals surface area contributed by atoms with Crippen molar-refractivity contribution < 1.29 is 13.5 Å². The second kappa shape index (κ2) is 5.91. The maximum absolute atomic E-state index is 12.3. The van der Waals surface area contributed by atoms with Crippen LogP contribution in [0.1, 0.15) is 24.8 Å². The molecule has 1 aromatic rings. The molecule has 0 aliphatic heterocycles. The highest BCUT2D eigenvalue weighted by molar-refractivity contribution is 9.10. The van der Waals surface area contributed by atoms with Crippen molar-refractivity contribution in [3.8, 4) is 0 Å². The minimum Gasteiger partial charge on any atom is -0.396 e. The third-order valence-electron chi connectivity index (χ3n) is 3.64. The molecule has 2 unspecified atom stereocenters. The van der Waals surface area contributed by atoms with Crippen molar-refractivity contribution in [3.63, 3.8) is 0 Å². The molecule has 0 spiro atoms. The van der Waals surface area contributed by atoms with Gasteiger partial charge in [0.15, 0.2) is 0 Å². The Hall–Kier alpha value is -0.430. The third kappa shape index (κ3) is 3.37. The number of hydrogen-bond donors (Lipinski definition) is 2. The van der Waals surface area contributed by atoms with E-state index in [-0.39, 0.29) is 23.5 Å². The molecule has 4 nitrogen and oxygen atoms in total. The third-order valence-corrected chi connectivity index (χ3v) is 6.02. The van der Waals surface area contributed by atoms with Gasteiger partial charge in [0, 0.05) is 17.1 Å². The Bertz CT molecular complexity index is 559. The number of aliphatic hydroxyl groups is 1. The maximum atomic E-state index is 12.3. The van der Waals surface area contributed by atoms with E-state index in [0.717, 1.165) is 29.3 Å². The zero-order valence-electron chi connectivity index (χ0n) is 10.8. The minimum absolute atomic E-state index is 0.0336. The number of sulfonamides is 1. The molecule has 0 bridgehead atoms. The van der Waals surface area contributed by atoms with Crippen LogP contribution in [0, 0.1) is 12.8 Å². The maximum Gasteiger partial charge on any atom is 0.240 e. The van der Waals surface area contributed by atoms with Gasteiger partial charge in [0.2, 0.25) is 10.0 Å². The Labute approximate surface area is 122 Å². The first-order valence-electron chi connectivity index (χ1n) is 6.33. The van der Waals surface area contributed by atoms with Crippen LogP contribution in [-0.2, 0) is 10.0 Å². The molecule has 106 valence electrons. The van der Waals surface area contributed by atoms with Crippen molar-refractivity contribution >= 4 is 26.0 Å². The highest BCUT2D eigenvalue weighted by atomic mass is 79.9. The summed E-state index contributed by atoms with van der Waals surface area (Å²) in [6.45, 7) is 1.89. The molecule has 1 aromatic carbocycles. The van der Waals surface area contributed by atoms with E-state index < -0.39 is 10.0 Å². The van der Waals surface area contributed by atoms with Crippen molar-refractivity contribution in [2.75, 3.05) is 6.61 Å². The summed E-state index contributed by atoms with van der Waals surface area (Å²) in [6, 6.07) is 4.82. The van der Waals surface area contributed by atoms with Crippen LogP contribution in [0.4, 0.5) is 0 Å². The molecule has 0 heterocycles. The van der Waals surface area contributed by atoms with Crippen LogP contribution >= 0.6 is 15.9 Å². The van der Waals surface area contributed by atoms with Gasteiger partial charge in [-0.05, 0) is 49.4 Å². The molecule has 1 aliphatic carbocycles. The van der Waals surface area contributed by atoms with Crippen LogP contribution in [-0.4, -0.2) is 26.2 Å². The predicted octanol–water partition coefficient (Wildman–Crippen LogP) is 2.20. The minimum atomic E-state index is -3.51. The predicted molar refractivity (Wildman–Crippen MR) is 77.4 cm³/mol. The summed E-state index contributed by atoms with van der Waals surface area (Å²) in [5.74, 6) is 0.0336. The first-order valence-corrected chi connectivity index (χ1v) is 8.61. The van der Waals surface area contributed by atoms with Gasteiger partial charge in [-0.25, -0.2) is 13.1 Å². The monoisotopic (exact) mass is 347 g/mol. The lowest BCUT2D eigenvalue weighted by atomic mass is 10.1. The summed E-state index contributed by atoms with van der Waals surface area (Å²) in [5.41, 5.74) is 0.882. The molecule has 6 heteroatoms. The molecule has 0 aromatic heterocycles. The lowest BCUT2D eigenvalue weighted by Crippen LogP contribution is -2.38. The lowest BCUT2D eigenvalue weighted by molar-refractivity contribution is 0.213. The van der Waals surface area contributed by atoms with E-state index in [2.05, 4.69) is 20.7 Å². The summed E-state index contributed by atoms with van der Waals surface area (Å²) in [5, 5.41) is 9.24. The summed E-state index contributed by atoms with van der Waals surface area (Å²) in [6.07, 6.45) is 2.63. The highest BCUT2D eigenvalue weighted by Gasteiger charge is 2.30. The SMILES string of the molecule is Cc1cc(S(=O)(=O)NC2CCCC2CO)ccc1Br. The molecule has 0 amide bonds. The summed E-state index contributed by atoms with van der Waals surface area (Å²) >= 11 is 3.36. The summed E-state index contributed by atoms with van der Waals surface area (Å²) < 4.78 is 28.2. The van der Waals surface area contributed by atoms with Crippen molar-refractivity contribution in [2.45, 2.75) is 37.1 Å². The molecule has 2 atom stereocenters. The van der Waals surface area contributed by atoms with Gasteiger partial charge in [0.25, 0.3) is 0 Å². The van der Waals surface area contributed by atoms with Crippen LogP contribution in [0.5, 0.6) is 0 Å². The molecule has 2 N–H and O–H groups in total. The lowest BCUT2D eigenvalue weighted by Gasteiger charge is -2.19. The average Bonchev–Trinajstić information content (AvgIpc) is 2.79. The van der Waals surface area contributed by atoms with E-state index in [1.807, 2.05) is 6.92 Å². The van der Waals surface area contributed by atoms with Crippen LogP contribution in [0.3, 0.4) is 0 Å². The molecule has 1 saturated carbocycles. The quantitative estimate of drug-likeness (QED) is 0.877. The van der Waals surface area contributed by atoms with Crippen LogP contribution in [0.2, 0.25) is 0 Å². The van der Waals surface area contributed by atoms with E-state index in [0.29, 0.717) is 0 Å². The molecule has 0 radical (unpaired) electrons. The van der Waals surface area contributed by atoms with Crippen molar-refractivity contribution in [3.05, 3.63) is 28.2 Å². The van der Waals surface area contributed by atoms with Crippen LogP contribution in [0.15, 0.2) is 27.6 Å². The number of hydrogen-bond acceptors (Lipinski definition) is 3. The summed E-state index contributed by atoms with van der Waals surface area (Å²) in [4.78, 5) is 0.275. The van der Waals surface area contributed by atoms with Crippen LogP contribution in [0.25, 0.3) is 0 Å². The highest BCUT2D eigenvalue weighted by Crippen LogP contribution is 2.27. The van der Waals surface area contributed by atoms with Gasteiger partial charge >= 0.3 is 0 Å². The number of halogens is 1. The standard InChI is InChI=1S/C13H18BrNO3S/c1-9-7-11(5-6-12(9)14)19(17,18)15-13-4-2-3-10(13)8-16/h5-7,10,13,15-16H,2-4,8H2,1H3. The van der Waals surface area contributed by atoms with Gasteiger partial charge < -0.3 is 5.11 Å². The van der Waals surface area contributed by atoms with Crippen LogP contribution < -0.4 is 4.72 Å². The van der Waals surface area contributed by atoms with Gasteiger partial charge in [0.1, 0.15) is 0 Å². The second-order valence-corrected chi connectivity index (χ2v) is 7.58. The largest absolute Gasteiger partial charge is 0.396 e. The number of aliphatic hydroxyl groups excluding tert-OH is 1. The van der Waals surface area contributed by atoms with E-state index >= 15 is 0 Å². The van der Waals surface area contributed by atoms with Gasteiger partial charge in [-0.15, -0.1) is 0 Å². The fraction of sp³-hybridized carbons (Fsp3) is 0.538. The fourth-order valence-electron chi connectivity index (χ4n) is 2.46. The van der Waals surface area contributed by atoms with Gasteiger partial charge in [0.05, 0.1) is 4.90 Å². The normalized spacial score (nSPS) is 23.7. The molecule has 2 rings (SSSR count). The molecule has 1 fully saturated rings. The van der Waals surface area contributed by atoms with E-state index in [9.17, 15) is 13.5 Å². The van der Waals surface area contributed by atoms with Crippen molar-refractivity contribution in [2.24, 2.45) is 5.92 Å². The molecule has 1 aliphatic rings.